The third-order valence-corrected chi connectivity index (χ3v) is 8.14. The summed E-state index contributed by atoms with van der Waals surface area (Å²) in [6, 6.07) is 39.4. The zero-order valence-electron chi connectivity index (χ0n) is 24.2. The first-order chi connectivity index (χ1) is 22.4. The molecule has 0 unspecified atom stereocenters. The van der Waals surface area contributed by atoms with Crippen molar-refractivity contribution in [1.29, 1.82) is 0 Å². The van der Waals surface area contributed by atoms with Gasteiger partial charge in [-0.05, 0) is 65.7 Å². The molecule has 226 valence electrons. The van der Waals surface area contributed by atoms with Gasteiger partial charge in [0, 0.05) is 11.1 Å². The Kier molecular flexibility index (Phi) is 8.62. The van der Waals surface area contributed by atoms with Gasteiger partial charge in [0.05, 0.1) is 11.9 Å². The quantitative estimate of drug-likeness (QED) is 0.0925. The van der Waals surface area contributed by atoms with Gasteiger partial charge in [0.15, 0.2) is 0 Å². The van der Waals surface area contributed by atoms with Crippen molar-refractivity contribution < 1.29 is 22.2 Å². The van der Waals surface area contributed by atoms with Crippen molar-refractivity contribution in [3.63, 3.8) is 0 Å². The van der Waals surface area contributed by atoms with Gasteiger partial charge in [-0.25, -0.2) is 10.4 Å². The normalized spacial score (nSPS) is 14.0. The fourth-order valence-corrected chi connectivity index (χ4v) is 5.56. The second-order valence-corrected chi connectivity index (χ2v) is 11.6. The van der Waals surface area contributed by atoms with Gasteiger partial charge in [-0.2, -0.15) is 13.5 Å². The molecular formula is C36H26N4O5S. The molecule has 1 N–H and O–H groups in total. The number of amides is 2. The molecule has 1 aliphatic heterocycles. The first-order valence-corrected chi connectivity index (χ1v) is 15.6. The Hall–Kier alpha value is -6.13. The number of hydrazone groups is 1. The van der Waals surface area contributed by atoms with Crippen LogP contribution in [-0.2, 0) is 14.9 Å². The number of hydrogen-bond donors (Lipinski definition) is 1. The van der Waals surface area contributed by atoms with Crippen LogP contribution in [0.4, 0.5) is 5.69 Å². The van der Waals surface area contributed by atoms with Gasteiger partial charge in [-0.15, -0.1) is 0 Å². The molecule has 0 bridgehead atoms. The maximum absolute atomic E-state index is 13.7. The van der Waals surface area contributed by atoms with Gasteiger partial charge < -0.3 is 4.18 Å². The SMILES string of the molecule is O=C(N/N=C/c1ccccc1)c1ccc(N2C(=O)/C(=C/c3ccc(OS(=O)(=O)c4ccccc4)cc3)N=C2c2ccccc2)cc1. The Morgan fingerprint density at radius 3 is 2.00 bits per heavy atom. The van der Waals surface area contributed by atoms with Crippen LogP contribution in [0, 0.1) is 0 Å². The lowest BCUT2D eigenvalue weighted by atomic mass is 10.1. The number of nitrogens with one attached hydrogen (secondary N) is 1. The number of aliphatic imine (C=N–C) groups is 1. The summed E-state index contributed by atoms with van der Waals surface area (Å²) < 4.78 is 30.4. The Morgan fingerprint density at radius 1 is 0.739 bits per heavy atom. The summed E-state index contributed by atoms with van der Waals surface area (Å²) >= 11 is 0. The van der Waals surface area contributed by atoms with Crippen molar-refractivity contribution in [2.75, 3.05) is 4.90 Å². The van der Waals surface area contributed by atoms with E-state index in [0.717, 1.165) is 11.1 Å². The molecule has 5 aromatic carbocycles. The summed E-state index contributed by atoms with van der Waals surface area (Å²) in [4.78, 5) is 32.6. The summed E-state index contributed by atoms with van der Waals surface area (Å²) in [6.45, 7) is 0. The maximum Gasteiger partial charge on any atom is 0.339 e. The van der Waals surface area contributed by atoms with Crippen molar-refractivity contribution in [1.82, 2.24) is 5.43 Å². The van der Waals surface area contributed by atoms with Crippen LogP contribution in [0.25, 0.3) is 6.08 Å². The van der Waals surface area contributed by atoms with E-state index >= 15 is 0 Å². The summed E-state index contributed by atoms with van der Waals surface area (Å²) in [5.74, 6) is -0.201. The predicted octanol–water partition coefficient (Wildman–Crippen LogP) is 6.05. The van der Waals surface area contributed by atoms with Crippen molar-refractivity contribution in [2.24, 2.45) is 10.1 Å². The van der Waals surface area contributed by atoms with E-state index in [1.807, 2.05) is 60.7 Å². The average Bonchev–Trinajstić information content (AvgIpc) is 3.42. The standard InChI is InChI=1S/C36H26N4O5S/c41-35(39-37-25-27-10-4-1-5-11-27)29-18-20-30(21-19-29)40-34(28-12-6-2-7-13-28)38-33(36(40)42)24-26-16-22-31(23-17-26)45-46(43,44)32-14-8-3-9-15-32/h1-25H,(H,39,41)/b33-24-,37-25+. The Bertz CT molecular complexity index is 2060. The lowest BCUT2D eigenvalue weighted by Crippen LogP contribution is -2.32. The third kappa shape index (κ3) is 6.82. The lowest BCUT2D eigenvalue weighted by Gasteiger charge is -2.18. The van der Waals surface area contributed by atoms with E-state index in [1.54, 1.807) is 66.9 Å². The van der Waals surface area contributed by atoms with E-state index in [1.165, 1.54) is 29.2 Å². The number of carbonyl (C=O) groups is 2. The molecule has 1 aliphatic rings. The van der Waals surface area contributed by atoms with Crippen LogP contribution in [0.5, 0.6) is 5.75 Å². The second kappa shape index (κ2) is 13.2. The number of amidine groups is 1. The number of anilines is 1. The summed E-state index contributed by atoms with van der Waals surface area (Å²) in [6.07, 6.45) is 3.17. The smallest absolute Gasteiger partial charge is 0.339 e. The highest BCUT2D eigenvalue weighted by molar-refractivity contribution is 7.87. The molecule has 46 heavy (non-hydrogen) atoms. The molecule has 2 amide bonds. The lowest BCUT2D eigenvalue weighted by molar-refractivity contribution is -0.113. The zero-order valence-corrected chi connectivity index (χ0v) is 25.0. The highest BCUT2D eigenvalue weighted by atomic mass is 32.2. The minimum atomic E-state index is -3.99. The van der Waals surface area contributed by atoms with Crippen LogP contribution in [-0.4, -0.2) is 32.3 Å². The van der Waals surface area contributed by atoms with E-state index in [4.69, 9.17) is 4.18 Å². The van der Waals surface area contributed by atoms with Gasteiger partial charge >= 0.3 is 10.1 Å². The molecule has 0 radical (unpaired) electrons. The van der Waals surface area contributed by atoms with Crippen LogP contribution >= 0.6 is 0 Å². The Morgan fingerprint density at radius 2 is 1.35 bits per heavy atom. The van der Waals surface area contributed by atoms with Gasteiger partial charge in [-0.3, -0.25) is 14.5 Å². The summed E-state index contributed by atoms with van der Waals surface area (Å²) in [5, 5.41) is 4.01. The summed E-state index contributed by atoms with van der Waals surface area (Å²) in [5.41, 5.74) is 5.78. The van der Waals surface area contributed by atoms with Crippen LogP contribution in [0.1, 0.15) is 27.0 Å². The zero-order chi connectivity index (χ0) is 31.9. The van der Waals surface area contributed by atoms with Crippen LogP contribution in [0.15, 0.2) is 160 Å². The van der Waals surface area contributed by atoms with Gasteiger partial charge in [0.2, 0.25) is 0 Å². The highest BCUT2D eigenvalue weighted by Gasteiger charge is 2.32. The maximum atomic E-state index is 13.7. The molecule has 10 heteroatoms. The molecule has 0 saturated carbocycles. The number of nitrogens with zero attached hydrogens (tertiary/aromatic N) is 3. The van der Waals surface area contributed by atoms with E-state index in [-0.39, 0.29) is 22.2 Å². The first kappa shape index (κ1) is 29.9. The van der Waals surface area contributed by atoms with Crippen LogP contribution < -0.4 is 14.5 Å². The van der Waals surface area contributed by atoms with E-state index in [2.05, 4.69) is 15.5 Å². The number of carbonyl (C=O) groups excluding carboxylic acids is 2. The molecule has 0 fully saturated rings. The molecular weight excluding hydrogens is 600 g/mol. The third-order valence-electron chi connectivity index (χ3n) is 6.88. The van der Waals surface area contributed by atoms with Crippen LogP contribution in [0.2, 0.25) is 0 Å². The molecule has 1 heterocycles. The molecule has 5 aromatic rings. The second-order valence-electron chi connectivity index (χ2n) is 10.0. The molecule has 6 rings (SSSR count). The Balaban J connectivity index is 1.22. The minimum absolute atomic E-state index is 0.0471. The van der Waals surface area contributed by atoms with E-state index in [9.17, 15) is 18.0 Å². The highest BCUT2D eigenvalue weighted by Crippen LogP contribution is 2.29. The predicted molar refractivity (Wildman–Crippen MR) is 177 cm³/mol. The summed E-state index contributed by atoms with van der Waals surface area (Å²) in [7, 11) is -3.99. The molecule has 0 atom stereocenters. The van der Waals surface area contributed by atoms with Crippen molar-refractivity contribution >= 4 is 45.7 Å². The minimum Gasteiger partial charge on any atom is -0.379 e. The van der Waals surface area contributed by atoms with Gasteiger partial charge in [0.1, 0.15) is 22.2 Å². The number of hydrogen-bond acceptors (Lipinski definition) is 7. The molecule has 0 spiro atoms. The fraction of sp³-hybridized carbons (Fsp3) is 0. The molecule has 0 saturated heterocycles. The van der Waals surface area contributed by atoms with Crippen molar-refractivity contribution in [3.8, 4) is 5.75 Å². The number of benzene rings is 5. The molecule has 9 nitrogen and oxygen atoms in total. The van der Waals surface area contributed by atoms with E-state index < -0.39 is 16.0 Å². The largest absolute Gasteiger partial charge is 0.379 e. The van der Waals surface area contributed by atoms with E-state index in [0.29, 0.717) is 22.6 Å². The van der Waals surface area contributed by atoms with Crippen molar-refractivity contribution in [2.45, 2.75) is 4.90 Å². The topological polar surface area (TPSA) is 117 Å². The first-order valence-electron chi connectivity index (χ1n) is 14.2. The Labute approximate surface area is 265 Å². The molecule has 0 aliphatic carbocycles. The van der Waals surface area contributed by atoms with Crippen LogP contribution in [0.3, 0.4) is 0 Å². The van der Waals surface area contributed by atoms with Gasteiger partial charge in [0.25, 0.3) is 11.8 Å². The monoisotopic (exact) mass is 626 g/mol. The fourth-order valence-electron chi connectivity index (χ4n) is 4.61. The van der Waals surface area contributed by atoms with Crippen molar-refractivity contribution in [3.05, 3.63) is 167 Å². The molecule has 0 aromatic heterocycles. The number of rotatable bonds is 9. The average molecular weight is 627 g/mol. The van der Waals surface area contributed by atoms with Gasteiger partial charge in [-0.1, -0.05) is 91.0 Å².